The number of halogens is 1. The summed E-state index contributed by atoms with van der Waals surface area (Å²) in [4.78, 5) is 11.4. The molecule has 3 nitrogen and oxygen atoms in total. The van der Waals surface area contributed by atoms with E-state index in [4.69, 9.17) is 4.74 Å². The van der Waals surface area contributed by atoms with Gasteiger partial charge in [-0.05, 0) is 56.5 Å². The Bertz CT molecular complexity index is 419. The smallest absolute Gasteiger partial charge is 0.309 e. The zero-order valence-electron chi connectivity index (χ0n) is 11.2. The highest BCUT2D eigenvalue weighted by Crippen LogP contribution is 2.38. The second-order valence-corrected chi connectivity index (χ2v) is 4.93. The van der Waals surface area contributed by atoms with Crippen LogP contribution < -0.4 is 5.32 Å². The van der Waals surface area contributed by atoms with E-state index in [-0.39, 0.29) is 17.7 Å². The zero-order chi connectivity index (χ0) is 13.7. The Morgan fingerprint density at radius 2 is 2.16 bits per heavy atom. The van der Waals surface area contributed by atoms with Crippen LogP contribution in [-0.4, -0.2) is 25.7 Å². The number of benzene rings is 1. The van der Waals surface area contributed by atoms with Crippen LogP contribution >= 0.6 is 0 Å². The number of carbonyl (C=O) groups excluding carboxylic acids is 1. The van der Waals surface area contributed by atoms with Gasteiger partial charge in [0.05, 0.1) is 12.5 Å². The fourth-order valence-electron chi connectivity index (χ4n) is 2.18. The van der Waals surface area contributed by atoms with Crippen molar-refractivity contribution >= 4 is 5.97 Å². The quantitative estimate of drug-likeness (QED) is 0.606. The molecule has 104 valence electrons. The molecule has 1 aromatic rings. The van der Waals surface area contributed by atoms with Crippen molar-refractivity contribution in [1.82, 2.24) is 5.32 Å². The number of ether oxygens (including phenoxy) is 1. The van der Waals surface area contributed by atoms with Gasteiger partial charge < -0.3 is 10.1 Å². The van der Waals surface area contributed by atoms with Crippen LogP contribution in [0.4, 0.5) is 4.39 Å². The Morgan fingerprint density at radius 3 is 2.84 bits per heavy atom. The van der Waals surface area contributed by atoms with Crippen molar-refractivity contribution in [3.63, 3.8) is 0 Å². The van der Waals surface area contributed by atoms with Crippen molar-refractivity contribution in [2.75, 3.05) is 19.7 Å². The first-order valence-electron chi connectivity index (χ1n) is 6.82. The number of hydrogen-bond donors (Lipinski definition) is 1. The molecule has 1 aromatic carbocycles. The molecule has 0 amide bonds. The molecule has 2 atom stereocenters. The van der Waals surface area contributed by atoms with Crippen molar-refractivity contribution in [2.45, 2.75) is 19.8 Å². The van der Waals surface area contributed by atoms with E-state index in [1.54, 1.807) is 12.1 Å². The molecule has 2 rings (SSSR count). The maximum atomic E-state index is 12.7. The number of rotatable bonds is 7. The van der Waals surface area contributed by atoms with Crippen molar-refractivity contribution in [3.05, 3.63) is 35.6 Å². The fraction of sp³-hybridized carbons (Fsp3) is 0.533. The number of nitrogens with one attached hydrogen (secondary N) is 1. The van der Waals surface area contributed by atoms with E-state index >= 15 is 0 Å². The first kappa shape index (κ1) is 14.0. The summed E-state index contributed by atoms with van der Waals surface area (Å²) in [5.74, 6) is 0.255. The predicted octanol–water partition coefficient (Wildman–Crippen LogP) is 2.16. The van der Waals surface area contributed by atoms with E-state index in [2.05, 4.69) is 5.32 Å². The third-order valence-corrected chi connectivity index (χ3v) is 3.42. The maximum Gasteiger partial charge on any atom is 0.309 e. The maximum absolute atomic E-state index is 12.7. The molecule has 19 heavy (non-hydrogen) atoms. The van der Waals surface area contributed by atoms with Gasteiger partial charge in [-0.3, -0.25) is 4.79 Å². The van der Waals surface area contributed by atoms with Crippen LogP contribution in [0.2, 0.25) is 0 Å². The highest BCUT2D eigenvalue weighted by molar-refractivity contribution is 5.75. The largest absolute Gasteiger partial charge is 0.466 e. The third kappa shape index (κ3) is 4.31. The standard InChI is InChI=1S/C15H20FNO2/c1-2-19-15(18)14-9-12(14)10-17-8-7-11-3-5-13(16)6-4-11/h3-6,12,14,17H,2,7-10H2,1H3. The molecular weight excluding hydrogens is 245 g/mol. The van der Waals surface area contributed by atoms with Crippen LogP contribution in [0.5, 0.6) is 0 Å². The molecule has 0 radical (unpaired) electrons. The Kier molecular flexibility index (Phi) is 4.91. The highest BCUT2D eigenvalue weighted by Gasteiger charge is 2.43. The van der Waals surface area contributed by atoms with E-state index in [9.17, 15) is 9.18 Å². The number of esters is 1. The van der Waals surface area contributed by atoms with E-state index in [1.165, 1.54) is 12.1 Å². The van der Waals surface area contributed by atoms with Crippen molar-refractivity contribution < 1.29 is 13.9 Å². The van der Waals surface area contributed by atoms with E-state index < -0.39 is 0 Å². The lowest BCUT2D eigenvalue weighted by molar-refractivity contribution is -0.145. The molecule has 0 spiro atoms. The molecular formula is C15H20FNO2. The molecule has 1 saturated carbocycles. The summed E-state index contributed by atoms with van der Waals surface area (Å²) < 4.78 is 17.7. The van der Waals surface area contributed by atoms with Crippen LogP contribution in [0.15, 0.2) is 24.3 Å². The van der Waals surface area contributed by atoms with Gasteiger partial charge in [0, 0.05) is 0 Å². The predicted molar refractivity (Wildman–Crippen MR) is 71.2 cm³/mol. The molecule has 1 aliphatic carbocycles. The Hall–Kier alpha value is -1.42. The summed E-state index contributed by atoms with van der Waals surface area (Å²) in [6.45, 7) is 3.98. The minimum absolute atomic E-state index is 0.0622. The average Bonchev–Trinajstić information content (AvgIpc) is 3.17. The van der Waals surface area contributed by atoms with Gasteiger partial charge in [-0.15, -0.1) is 0 Å². The molecule has 0 heterocycles. The van der Waals surface area contributed by atoms with Gasteiger partial charge in [-0.25, -0.2) is 4.39 Å². The van der Waals surface area contributed by atoms with Gasteiger partial charge >= 0.3 is 5.97 Å². The molecule has 1 fully saturated rings. The van der Waals surface area contributed by atoms with Crippen LogP contribution in [-0.2, 0) is 16.0 Å². The summed E-state index contributed by atoms with van der Waals surface area (Å²) in [7, 11) is 0. The molecule has 1 N–H and O–H groups in total. The topological polar surface area (TPSA) is 38.3 Å². The van der Waals surface area contributed by atoms with E-state index in [1.807, 2.05) is 6.92 Å². The van der Waals surface area contributed by atoms with Gasteiger partial charge in [0.15, 0.2) is 0 Å². The summed E-state index contributed by atoms with van der Waals surface area (Å²) in [5, 5.41) is 3.34. The van der Waals surface area contributed by atoms with E-state index in [0.717, 1.165) is 31.5 Å². The second-order valence-electron chi connectivity index (χ2n) is 4.93. The van der Waals surface area contributed by atoms with Crippen molar-refractivity contribution in [1.29, 1.82) is 0 Å². The van der Waals surface area contributed by atoms with Gasteiger partial charge in [-0.1, -0.05) is 12.1 Å². The van der Waals surface area contributed by atoms with Gasteiger partial charge in [0.2, 0.25) is 0 Å². The second kappa shape index (κ2) is 6.66. The number of hydrogen-bond acceptors (Lipinski definition) is 3. The normalized spacial score (nSPS) is 21.2. The summed E-state index contributed by atoms with van der Waals surface area (Å²) >= 11 is 0. The van der Waals surface area contributed by atoms with Crippen LogP contribution in [0, 0.1) is 17.7 Å². The molecule has 4 heteroatoms. The van der Waals surface area contributed by atoms with Gasteiger partial charge in [0.1, 0.15) is 5.82 Å². The zero-order valence-corrected chi connectivity index (χ0v) is 11.2. The first-order chi connectivity index (χ1) is 9.20. The lowest BCUT2D eigenvalue weighted by Crippen LogP contribution is -2.21. The molecule has 0 bridgehead atoms. The Labute approximate surface area is 113 Å². The van der Waals surface area contributed by atoms with Crippen LogP contribution in [0.1, 0.15) is 18.9 Å². The lowest BCUT2D eigenvalue weighted by atomic mass is 10.1. The summed E-state index contributed by atoms with van der Waals surface area (Å²) in [5.41, 5.74) is 1.12. The molecule has 1 aliphatic rings. The average molecular weight is 265 g/mol. The van der Waals surface area contributed by atoms with Gasteiger partial charge in [-0.2, -0.15) is 0 Å². The van der Waals surface area contributed by atoms with Gasteiger partial charge in [0.25, 0.3) is 0 Å². The van der Waals surface area contributed by atoms with Crippen molar-refractivity contribution in [2.24, 2.45) is 11.8 Å². The van der Waals surface area contributed by atoms with Crippen LogP contribution in [0.3, 0.4) is 0 Å². The molecule has 2 unspecified atom stereocenters. The molecule has 0 aromatic heterocycles. The number of carbonyl (C=O) groups is 1. The lowest BCUT2D eigenvalue weighted by Gasteiger charge is -2.05. The fourth-order valence-corrected chi connectivity index (χ4v) is 2.18. The highest BCUT2D eigenvalue weighted by atomic mass is 19.1. The SMILES string of the molecule is CCOC(=O)C1CC1CNCCc1ccc(F)cc1. The summed E-state index contributed by atoms with van der Waals surface area (Å²) in [6, 6.07) is 6.56. The first-order valence-corrected chi connectivity index (χ1v) is 6.82. The minimum atomic E-state index is -0.202. The molecule has 0 aliphatic heterocycles. The third-order valence-electron chi connectivity index (χ3n) is 3.42. The Morgan fingerprint density at radius 1 is 1.42 bits per heavy atom. The van der Waals surface area contributed by atoms with Crippen molar-refractivity contribution in [3.8, 4) is 0 Å². The molecule has 0 saturated heterocycles. The van der Waals surface area contributed by atoms with E-state index in [0.29, 0.717) is 12.5 Å². The minimum Gasteiger partial charge on any atom is -0.466 e. The Balaban J connectivity index is 1.58. The van der Waals surface area contributed by atoms with Crippen LogP contribution in [0.25, 0.3) is 0 Å². The summed E-state index contributed by atoms with van der Waals surface area (Å²) in [6.07, 6.45) is 1.81. The monoisotopic (exact) mass is 265 g/mol.